The van der Waals surface area contributed by atoms with Gasteiger partial charge in [0.2, 0.25) is 5.95 Å². The fourth-order valence-corrected chi connectivity index (χ4v) is 3.45. The summed E-state index contributed by atoms with van der Waals surface area (Å²) in [5.41, 5.74) is 0.784. The van der Waals surface area contributed by atoms with Gasteiger partial charge < -0.3 is 14.9 Å². The standard InChI is InChI=1S/C24H24N4O3/c1-24(2,31)12-11-17-7-9-18(10-8-17)22(30)27-13-15-28(16-14-27)23-25-20-6-4-3-5-19(20)21(29)26-23/h3-10,31H,13-16H2,1-2H3,(H,25,26,29). The van der Waals surface area contributed by atoms with Crippen LogP contribution in [0.25, 0.3) is 10.9 Å². The van der Waals surface area contributed by atoms with Gasteiger partial charge in [0.05, 0.1) is 10.9 Å². The van der Waals surface area contributed by atoms with Crippen LogP contribution in [0.3, 0.4) is 0 Å². The Bertz CT molecular complexity index is 1220. The highest BCUT2D eigenvalue weighted by molar-refractivity contribution is 5.94. The van der Waals surface area contributed by atoms with Crippen molar-refractivity contribution in [3.8, 4) is 11.8 Å². The quantitative estimate of drug-likeness (QED) is 0.624. The molecular formula is C24H24N4O3. The molecule has 0 unspecified atom stereocenters. The van der Waals surface area contributed by atoms with Crippen LogP contribution in [0.4, 0.5) is 5.95 Å². The molecule has 0 atom stereocenters. The fraction of sp³-hybridized carbons (Fsp3) is 0.292. The number of carbonyl (C=O) groups excluding carboxylic acids is 1. The zero-order chi connectivity index (χ0) is 22.0. The van der Waals surface area contributed by atoms with Crippen LogP contribution in [0, 0.1) is 11.8 Å². The molecule has 4 rings (SSSR count). The summed E-state index contributed by atoms with van der Waals surface area (Å²) in [7, 11) is 0. The smallest absolute Gasteiger partial charge is 0.260 e. The molecule has 1 aromatic heterocycles. The van der Waals surface area contributed by atoms with E-state index >= 15 is 0 Å². The summed E-state index contributed by atoms with van der Waals surface area (Å²) in [6.45, 7) is 5.50. The topological polar surface area (TPSA) is 89.5 Å². The maximum absolute atomic E-state index is 12.9. The Morgan fingerprint density at radius 2 is 1.74 bits per heavy atom. The highest BCUT2D eigenvalue weighted by atomic mass is 16.3. The van der Waals surface area contributed by atoms with E-state index < -0.39 is 5.60 Å². The van der Waals surface area contributed by atoms with Crippen molar-refractivity contribution in [1.82, 2.24) is 14.9 Å². The average Bonchev–Trinajstić information content (AvgIpc) is 2.77. The van der Waals surface area contributed by atoms with Crippen molar-refractivity contribution >= 4 is 22.8 Å². The zero-order valence-electron chi connectivity index (χ0n) is 17.6. The molecule has 31 heavy (non-hydrogen) atoms. The first-order chi connectivity index (χ1) is 14.8. The van der Waals surface area contributed by atoms with Crippen molar-refractivity contribution in [2.75, 3.05) is 31.1 Å². The van der Waals surface area contributed by atoms with E-state index in [1.54, 1.807) is 49.1 Å². The van der Waals surface area contributed by atoms with Crippen molar-refractivity contribution < 1.29 is 9.90 Å². The minimum Gasteiger partial charge on any atom is -0.378 e. The molecule has 1 amide bonds. The lowest BCUT2D eigenvalue weighted by Crippen LogP contribution is -2.49. The summed E-state index contributed by atoms with van der Waals surface area (Å²) >= 11 is 0. The second-order valence-corrected chi connectivity index (χ2v) is 8.07. The van der Waals surface area contributed by atoms with Gasteiger partial charge in [0.15, 0.2) is 0 Å². The second kappa shape index (κ2) is 8.25. The molecule has 1 fully saturated rings. The van der Waals surface area contributed by atoms with E-state index in [0.717, 1.165) is 5.56 Å². The van der Waals surface area contributed by atoms with Crippen LogP contribution in [0.5, 0.6) is 0 Å². The molecule has 0 radical (unpaired) electrons. The van der Waals surface area contributed by atoms with Gasteiger partial charge in [-0.05, 0) is 50.2 Å². The highest BCUT2D eigenvalue weighted by Crippen LogP contribution is 2.15. The molecule has 2 aromatic carbocycles. The summed E-state index contributed by atoms with van der Waals surface area (Å²) in [5, 5.41) is 10.3. The molecule has 158 valence electrons. The summed E-state index contributed by atoms with van der Waals surface area (Å²) in [4.78, 5) is 36.4. The number of H-pyrrole nitrogens is 1. The average molecular weight is 416 g/mol. The number of hydrogen-bond acceptors (Lipinski definition) is 5. The molecule has 1 aliphatic rings. The Kier molecular flexibility index (Phi) is 5.49. The van der Waals surface area contributed by atoms with E-state index in [1.165, 1.54) is 0 Å². The Hall–Kier alpha value is -3.63. The van der Waals surface area contributed by atoms with Crippen LogP contribution in [0.15, 0.2) is 53.3 Å². The molecule has 7 heteroatoms. The monoisotopic (exact) mass is 416 g/mol. The normalized spacial score (nSPS) is 14.3. The summed E-state index contributed by atoms with van der Waals surface area (Å²) in [6, 6.07) is 14.3. The minimum absolute atomic E-state index is 0.0402. The number of anilines is 1. The van der Waals surface area contributed by atoms with Gasteiger partial charge in [-0.2, -0.15) is 0 Å². The maximum Gasteiger partial charge on any atom is 0.260 e. The number of amides is 1. The van der Waals surface area contributed by atoms with Crippen LogP contribution in [0.2, 0.25) is 0 Å². The number of aliphatic hydroxyl groups is 1. The fourth-order valence-electron chi connectivity index (χ4n) is 3.45. The third kappa shape index (κ3) is 4.76. The van der Waals surface area contributed by atoms with E-state index in [-0.39, 0.29) is 11.5 Å². The Balaban J connectivity index is 1.42. The van der Waals surface area contributed by atoms with E-state index in [4.69, 9.17) is 0 Å². The SMILES string of the molecule is CC(C)(O)C#Cc1ccc(C(=O)N2CCN(c3nc4ccccc4c(=O)[nH]3)CC2)cc1. The Morgan fingerprint density at radius 1 is 1.06 bits per heavy atom. The molecule has 7 nitrogen and oxygen atoms in total. The number of fused-ring (bicyclic) bond motifs is 1. The van der Waals surface area contributed by atoms with Crippen molar-refractivity contribution in [1.29, 1.82) is 0 Å². The van der Waals surface area contributed by atoms with Crippen LogP contribution >= 0.6 is 0 Å². The first kappa shape index (κ1) is 20.6. The van der Waals surface area contributed by atoms with Gasteiger partial charge in [-0.1, -0.05) is 24.0 Å². The molecule has 0 bridgehead atoms. The lowest BCUT2D eigenvalue weighted by atomic mass is 10.1. The van der Waals surface area contributed by atoms with Crippen LogP contribution in [0.1, 0.15) is 29.8 Å². The van der Waals surface area contributed by atoms with Gasteiger partial charge in [0, 0.05) is 37.3 Å². The molecule has 3 aromatic rings. The predicted octanol–water partition coefficient (Wildman–Crippen LogP) is 2.01. The van der Waals surface area contributed by atoms with Gasteiger partial charge in [0.25, 0.3) is 11.5 Å². The summed E-state index contributed by atoms with van der Waals surface area (Å²) in [5.74, 6) is 6.16. The zero-order valence-corrected chi connectivity index (χ0v) is 17.6. The third-order valence-corrected chi connectivity index (χ3v) is 5.11. The van der Waals surface area contributed by atoms with Crippen LogP contribution in [-0.4, -0.2) is 57.7 Å². The number of carbonyl (C=O) groups is 1. The van der Waals surface area contributed by atoms with Crippen LogP contribution < -0.4 is 10.5 Å². The third-order valence-electron chi connectivity index (χ3n) is 5.11. The number of nitrogens with zero attached hydrogens (tertiary/aromatic N) is 3. The van der Waals surface area contributed by atoms with Gasteiger partial charge in [-0.3, -0.25) is 14.6 Å². The minimum atomic E-state index is -1.06. The van der Waals surface area contributed by atoms with E-state index in [1.807, 2.05) is 23.1 Å². The van der Waals surface area contributed by atoms with E-state index in [0.29, 0.717) is 48.6 Å². The van der Waals surface area contributed by atoms with E-state index in [2.05, 4.69) is 21.8 Å². The summed E-state index contributed by atoms with van der Waals surface area (Å²) < 4.78 is 0. The molecular weight excluding hydrogens is 392 g/mol. The number of benzene rings is 2. The highest BCUT2D eigenvalue weighted by Gasteiger charge is 2.23. The molecule has 2 N–H and O–H groups in total. The number of nitrogens with one attached hydrogen (secondary N) is 1. The van der Waals surface area contributed by atoms with Crippen molar-refractivity contribution in [2.24, 2.45) is 0 Å². The van der Waals surface area contributed by atoms with Gasteiger partial charge >= 0.3 is 0 Å². The molecule has 1 saturated heterocycles. The lowest BCUT2D eigenvalue weighted by Gasteiger charge is -2.35. The van der Waals surface area contributed by atoms with Gasteiger partial charge in [-0.25, -0.2) is 4.98 Å². The van der Waals surface area contributed by atoms with Crippen molar-refractivity contribution in [3.05, 3.63) is 70.0 Å². The number of hydrogen-bond donors (Lipinski definition) is 2. The first-order valence-corrected chi connectivity index (χ1v) is 10.2. The predicted molar refractivity (Wildman–Crippen MR) is 120 cm³/mol. The molecule has 0 saturated carbocycles. The maximum atomic E-state index is 12.9. The Labute approximate surface area is 180 Å². The van der Waals surface area contributed by atoms with Gasteiger partial charge in [-0.15, -0.1) is 0 Å². The number of para-hydroxylation sites is 1. The summed E-state index contributed by atoms with van der Waals surface area (Å²) in [6.07, 6.45) is 0. The van der Waals surface area contributed by atoms with Crippen molar-refractivity contribution in [3.63, 3.8) is 0 Å². The number of rotatable bonds is 2. The van der Waals surface area contributed by atoms with Gasteiger partial charge in [0.1, 0.15) is 5.60 Å². The van der Waals surface area contributed by atoms with E-state index in [9.17, 15) is 14.7 Å². The second-order valence-electron chi connectivity index (χ2n) is 8.07. The Morgan fingerprint density at radius 3 is 2.42 bits per heavy atom. The molecule has 0 aliphatic carbocycles. The lowest BCUT2D eigenvalue weighted by molar-refractivity contribution is 0.0746. The number of aromatic nitrogens is 2. The van der Waals surface area contributed by atoms with Crippen molar-refractivity contribution in [2.45, 2.75) is 19.4 Å². The number of piperazine rings is 1. The molecule has 1 aliphatic heterocycles. The molecule has 2 heterocycles. The van der Waals surface area contributed by atoms with Crippen LogP contribution in [-0.2, 0) is 0 Å². The number of aromatic amines is 1. The first-order valence-electron chi connectivity index (χ1n) is 10.2. The largest absolute Gasteiger partial charge is 0.378 e. The molecule has 0 spiro atoms.